The number of aromatic nitrogens is 2. The number of para-hydroxylation sites is 1. The Hall–Kier alpha value is -3.41. The minimum Gasteiger partial charge on any atom is -0.494 e. The summed E-state index contributed by atoms with van der Waals surface area (Å²) in [5.41, 5.74) is 10.2. The first-order valence-electron chi connectivity index (χ1n) is 8.13. The number of aromatic hydroxyl groups is 1. The van der Waals surface area contributed by atoms with Crippen LogP contribution in [0.2, 0.25) is 0 Å². The highest BCUT2D eigenvalue weighted by molar-refractivity contribution is 6.12. The van der Waals surface area contributed by atoms with E-state index in [0.29, 0.717) is 28.1 Å². The van der Waals surface area contributed by atoms with Crippen molar-refractivity contribution < 1.29 is 14.6 Å². The third-order valence-electron chi connectivity index (χ3n) is 4.65. The second kappa shape index (κ2) is 5.84. The van der Waals surface area contributed by atoms with E-state index in [0.717, 1.165) is 22.0 Å². The molecule has 0 aliphatic carbocycles. The van der Waals surface area contributed by atoms with E-state index >= 15 is 0 Å². The standard InChI is InChI=1S/C20H19N3O3/c1-23-10-14-17(20(23)24)18(21)13-6-4-5-12(19(13)22-14)11-7-8-15(25-2)16(9-11)26-3/h4-10,24H,21H2,1-3H3. The predicted octanol–water partition coefficient (Wildman–Crippen LogP) is 3.70. The molecule has 0 fully saturated rings. The largest absolute Gasteiger partial charge is 0.494 e. The molecular formula is C20H19N3O3. The molecule has 0 aliphatic heterocycles. The number of anilines is 1. The van der Waals surface area contributed by atoms with Gasteiger partial charge >= 0.3 is 0 Å². The first kappa shape index (κ1) is 16.1. The van der Waals surface area contributed by atoms with Crippen molar-refractivity contribution in [3.8, 4) is 28.5 Å². The SMILES string of the molecule is COc1ccc(-c2cccc3c(N)c4c(O)n(C)cc4nc23)cc1OC. The second-order valence-corrected chi connectivity index (χ2v) is 6.12. The number of hydrogen-bond donors (Lipinski definition) is 2. The van der Waals surface area contributed by atoms with Gasteiger partial charge in [0.15, 0.2) is 11.5 Å². The second-order valence-electron chi connectivity index (χ2n) is 6.12. The summed E-state index contributed by atoms with van der Waals surface area (Å²) in [5, 5.41) is 11.6. The molecule has 0 saturated carbocycles. The highest BCUT2D eigenvalue weighted by Crippen LogP contribution is 2.40. The number of nitrogen functional groups attached to an aromatic ring is 1. The number of nitrogens with two attached hydrogens (primary N) is 1. The third kappa shape index (κ3) is 2.23. The van der Waals surface area contributed by atoms with E-state index in [1.54, 1.807) is 32.0 Å². The maximum Gasteiger partial charge on any atom is 0.202 e. The number of aryl methyl sites for hydroxylation is 1. The van der Waals surface area contributed by atoms with E-state index in [-0.39, 0.29) is 5.88 Å². The van der Waals surface area contributed by atoms with Gasteiger partial charge in [-0.3, -0.25) is 0 Å². The molecule has 3 N–H and O–H groups in total. The summed E-state index contributed by atoms with van der Waals surface area (Å²) in [7, 11) is 4.98. The summed E-state index contributed by atoms with van der Waals surface area (Å²) in [5.74, 6) is 1.43. The fourth-order valence-electron chi connectivity index (χ4n) is 3.32. The van der Waals surface area contributed by atoms with Gasteiger partial charge in [-0.05, 0) is 17.7 Å². The zero-order valence-electron chi connectivity index (χ0n) is 14.8. The Morgan fingerprint density at radius 1 is 1.08 bits per heavy atom. The van der Waals surface area contributed by atoms with Gasteiger partial charge in [-0.2, -0.15) is 0 Å². The van der Waals surface area contributed by atoms with Crippen molar-refractivity contribution in [2.75, 3.05) is 20.0 Å². The average Bonchev–Trinajstić information content (AvgIpc) is 2.95. The Morgan fingerprint density at radius 2 is 1.85 bits per heavy atom. The van der Waals surface area contributed by atoms with E-state index in [2.05, 4.69) is 0 Å². The first-order valence-corrected chi connectivity index (χ1v) is 8.13. The van der Waals surface area contributed by atoms with Crippen LogP contribution in [-0.2, 0) is 7.05 Å². The van der Waals surface area contributed by atoms with Crippen LogP contribution < -0.4 is 15.2 Å². The van der Waals surface area contributed by atoms with Crippen LogP contribution in [0.3, 0.4) is 0 Å². The van der Waals surface area contributed by atoms with Crippen molar-refractivity contribution in [3.05, 3.63) is 42.6 Å². The molecule has 0 radical (unpaired) electrons. The number of nitrogens with zero attached hydrogens (tertiary/aromatic N) is 2. The Kier molecular flexibility index (Phi) is 3.61. The van der Waals surface area contributed by atoms with Gasteiger partial charge in [0.25, 0.3) is 0 Å². The molecule has 0 saturated heterocycles. The normalized spacial score (nSPS) is 11.2. The average molecular weight is 349 g/mol. The van der Waals surface area contributed by atoms with Crippen LogP contribution in [0.1, 0.15) is 0 Å². The van der Waals surface area contributed by atoms with Crippen LogP contribution >= 0.6 is 0 Å². The van der Waals surface area contributed by atoms with Crippen molar-refractivity contribution in [1.29, 1.82) is 0 Å². The molecule has 2 heterocycles. The fourth-order valence-corrected chi connectivity index (χ4v) is 3.32. The van der Waals surface area contributed by atoms with Crippen LogP contribution in [0.4, 0.5) is 5.69 Å². The van der Waals surface area contributed by atoms with Gasteiger partial charge in [0, 0.05) is 24.2 Å². The third-order valence-corrected chi connectivity index (χ3v) is 4.65. The molecular weight excluding hydrogens is 330 g/mol. The minimum absolute atomic E-state index is 0.114. The van der Waals surface area contributed by atoms with Crippen LogP contribution in [-0.4, -0.2) is 28.9 Å². The Morgan fingerprint density at radius 3 is 2.58 bits per heavy atom. The lowest BCUT2D eigenvalue weighted by Crippen LogP contribution is -1.94. The van der Waals surface area contributed by atoms with E-state index < -0.39 is 0 Å². The van der Waals surface area contributed by atoms with E-state index in [1.807, 2.05) is 36.4 Å². The smallest absolute Gasteiger partial charge is 0.202 e. The number of rotatable bonds is 3. The van der Waals surface area contributed by atoms with Crippen LogP contribution in [0.5, 0.6) is 17.4 Å². The molecule has 132 valence electrons. The number of benzene rings is 2. The topological polar surface area (TPSA) is 82.5 Å². The maximum atomic E-state index is 10.3. The van der Waals surface area contributed by atoms with Gasteiger partial charge in [0.05, 0.1) is 36.3 Å². The Labute approximate surface area is 150 Å². The van der Waals surface area contributed by atoms with Gasteiger partial charge in [-0.1, -0.05) is 24.3 Å². The van der Waals surface area contributed by atoms with Crippen LogP contribution in [0.15, 0.2) is 42.6 Å². The van der Waals surface area contributed by atoms with Crippen LogP contribution in [0, 0.1) is 0 Å². The lowest BCUT2D eigenvalue weighted by molar-refractivity contribution is 0.355. The molecule has 0 aliphatic rings. The molecule has 0 spiro atoms. The van der Waals surface area contributed by atoms with Crippen molar-refractivity contribution >= 4 is 27.5 Å². The van der Waals surface area contributed by atoms with Gasteiger partial charge in [0.2, 0.25) is 5.88 Å². The van der Waals surface area contributed by atoms with Crippen molar-refractivity contribution in [1.82, 2.24) is 9.55 Å². The fraction of sp³-hybridized carbons (Fsp3) is 0.150. The summed E-state index contributed by atoms with van der Waals surface area (Å²) in [4.78, 5) is 4.76. The Bertz CT molecular complexity index is 1150. The van der Waals surface area contributed by atoms with Gasteiger partial charge in [-0.15, -0.1) is 0 Å². The summed E-state index contributed by atoms with van der Waals surface area (Å²) < 4.78 is 12.3. The number of pyridine rings is 1. The minimum atomic E-state index is 0.114. The van der Waals surface area contributed by atoms with E-state index in [4.69, 9.17) is 20.2 Å². The highest BCUT2D eigenvalue weighted by Gasteiger charge is 2.17. The summed E-state index contributed by atoms with van der Waals surface area (Å²) in [6, 6.07) is 11.6. The molecule has 2 aromatic carbocycles. The van der Waals surface area contributed by atoms with E-state index in [9.17, 15) is 5.11 Å². The molecule has 0 unspecified atom stereocenters. The quantitative estimate of drug-likeness (QED) is 0.589. The molecule has 2 aromatic heterocycles. The van der Waals surface area contributed by atoms with Gasteiger partial charge in [0.1, 0.15) is 0 Å². The zero-order chi connectivity index (χ0) is 18.4. The van der Waals surface area contributed by atoms with E-state index in [1.165, 1.54) is 0 Å². The van der Waals surface area contributed by atoms with Crippen molar-refractivity contribution in [2.24, 2.45) is 7.05 Å². The molecule has 6 heteroatoms. The summed E-state index contributed by atoms with van der Waals surface area (Å²) in [6.07, 6.45) is 1.77. The maximum absolute atomic E-state index is 10.3. The number of hydrogen-bond acceptors (Lipinski definition) is 5. The molecule has 6 nitrogen and oxygen atoms in total. The zero-order valence-corrected chi connectivity index (χ0v) is 14.8. The number of ether oxygens (including phenoxy) is 2. The lowest BCUT2D eigenvalue weighted by atomic mass is 10.00. The monoisotopic (exact) mass is 349 g/mol. The van der Waals surface area contributed by atoms with Crippen molar-refractivity contribution in [3.63, 3.8) is 0 Å². The predicted molar refractivity (Wildman–Crippen MR) is 103 cm³/mol. The number of fused-ring (bicyclic) bond motifs is 2. The molecule has 0 bridgehead atoms. The molecule has 4 rings (SSSR count). The first-order chi connectivity index (χ1) is 12.5. The van der Waals surface area contributed by atoms with Gasteiger partial charge < -0.3 is 24.9 Å². The van der Waals surface area contributed by atoms with Crippen molar-refractivity contribution in [2.45, 2.75) is 0 Å². The Balaban J connectivity index is 2.04. The van der Waals surface area contributed by atoms with Crippen LogP contribution in [0.25, 0.3) is 32.9 Å². The molecule has 0 atom stereocenters. The summed E-state index contributed by atoms with van der Waals surface area (Å²) in [6.45, 7) is 0. The van der Waals surface area contributed by atoms with Gasteiger partial charge in [-0.25, -0.2) is 4.98 Å². The lowest BCUT2D eigenvalue weighted by Gasteiger charge is -2.12. The number of methoxy groups -OCH3 is 2. The molecule has 26 heavy (non-hydrogen) atoms. The molecule has 0 amide bonds. The summed E-state index contributed by atoms with van der Waals surface area (Å²) >= 11 is 0. The highest BCUT2D eigenvalue weighted by atomic mass is 16.5. The molecule has 4 aromatic rings.